The van der Waals surface area contributed by atoms with Gasteiger partial charge in [-0.3, -0.25) is 4.31 Å². The zero-order valence-electron chi connectivity index (χ0n) is 14.3. The first-order chi connectivity index (χ1) is 12.4. The molecule has 0 unspecified atom stereocenters. The number of carbonyl (C=O) groups excluding carboxylic acids is 1. The zero-order chi connectivity index (χ0) is 18.7. The summed E-state index contributed by atoms with van der Waals surface area (Å²) in [6, 6.07) is 11.2. The van der Waals surface area contributed by atoms with Gasteiger partial charge in [0.15, 0.2) is 0 Å². The average Bonchev–Trinajstić information content (AvgIpc) is 3.03. The molecule has 0 fully saturated rings. The van der Waals surface area contributed by atoms with Crippen LogP contribution >= 0.6 is 0 Å². The smallest absolute Gasteiger partial charge is 0.319 e. The number of urea groups is 1. The second kappa shape index (κ2) is 7.33. The number of hydrogen-bond acceptors (Lipinski definition) is 3. The fourth-order valence-corrected chi connectivity index (χ4v) is 4.27. The maximum absolute atomic E-state index is 13.5. The molecule has 0 radical (unpaired) electrons. The lowest BCUT2D eigenvalue weighted by Gasteiger charge is -2.19. The molecule has 1 aliphatic rings. The van der Waals surface area contributed by atoms with Gasteiger partial charge in [0.2, 0.25) is 10.0 Å². The molecule has 3 rings (SSSR count). The molecule has 0 aliphatic carbocycles. The molecule has 0 atom stereocenters. The van der Waals surface area contributed by atoms with E-state index in [1.165, 1.54) is 10.4 Å². The predicted octanol–water partition coefficient (Wildman–Crippen LogP) is 2.65. The van der Waals surface area contributed by atoms with Crippen LogP contribution in [0, 0.1) is 12.7 Å². The molecule has 0 saturated heterocycles. The monoisotopic (exact) mass is 377 g/mol. The van der Waals surface area contributed by atoms with Gasteiger partial charge in [-0.2, -0.15) is 0 Å². The number of halogens is 1. The lowest BCUT2D eigenvalue weighted by atomic mass is 10.2. The Morgan fingerprint density at radius 2 is 2.00 bits per heavy atom. The van der Waals surface area contributed by atoms with Gasteiger partial charge in [0.25, 0.3) is 0 Å². The molecule has 8 heteroatoms. The van der Waals surface area contributed by atoms with Crippen molar-refractivity contribution in [2.75, 3.05) is 28.5 Å². The average molecular weight is 377 g/mol. The van der Waals surface area contributed by atoms with Crippen molar-refractivity contribution in [3.05, 3.63) is 59.4 Å². The second-order valence-corrected chi connectivity index (χ2v) is 8.12. The summed E-state index contributed by atoms with van der Waals surface area (Å²) >= 11 is 0. The highest BCUT2D eigenvalue weighted by Gasteiger charge is 2.28. The van der Waals surface area contributed by atoms with Crippen molar-refractivity contribution in [3.63, 3.8) is 0 Å². The van der Waals surface area contributed by atoms with E-state index in [0.29, 0.717) is 29.9 Å². The number of hydrogen-bond donors (Lipinski definition) is 2. The Balaban J connectivity index is 1.54. The van der Waals surface area contributed by atoms with Gasteiger partial charge in [0.05, 0.1) is 11.4 Å². The third-order valence-electron chi connectivity index (χ3n) is 4.26. The number of sulfonamides is 1. The van der Waals surface area contributed by atoms with E-state index in [1.807, 2.05) is 12.1 Å². The number of para-hydroxylation sites is 1. The van der Waals surface area contributed by atoms with E-state index in [2.05, 4.69) is 10.6 Å². The first-order valence-electron chi connectivity index (χ1n) is 8.26. The van der Waals surface area contributed by atoms with Crippen LogP contribution in [0.2, 0.25) is 0 Å². The van der Waals surface area contributed by atoms with Crippen molar-refractivity contribution in [1.29, 1.82) is 0 Å². The molecule has 2 amide bonds. The minimum atomic E-state index is -3.52. The molecule has 6 nitrogen and oxygen atoms in total. The zero-order valence-corrected chi connectivity index (χ0v) is 15.1. The molecule has 2 aromatic carbocycles. The van der Waals surface area contributed by atoms with Gasteiger partial charge in [-0.05, 0) is 42.7 Å². The third kappa shape index (κ3) is 3.96. The SMILES string of the molecule is Cc1ccc(NC(=O)NCCS(=O)(=O)N2CCc3ccccc32)cc1F. The number of nitrogens with one attached hydrogen (secondary N) is 2. The van der Waals surface area contributed by atoms with Crippen molar-refractivity contribution in [3.8, 4) is 0 Å². The van der Waals surface area contributed by atoms with Crippen molar-refractivity contribution in [1.82, 2.24) is 5.32 Å². The molecule has 0 saturated carbocycles. The highest BCUT2D eigenvalue weighted by atomic mass is 32.2. The van der Waals surface area contributed by atoms with Crippen LogP contribution in [0.5, 0.6) is 0 Å². The maximum atomic E-state index is 13.5. The number of fused-ring (bicyclic) bond motifs is 1. The van der Waals surface area contributed by atoms with Crippen LogP contribution in [0.3, 0.4) is 0 Å². The first-order valence-corrected chi connectivity index (χ1v) is 9.87. The van der Waals surface area contributed by atoms with Crippen LogP contribution in [0.4, 0.5) is 20.6 Å². The summed E-state index contributed by atoms with van der Waals surface area (Å²) in [5.41, 5.74) is 2.49. The topological polar surface area (TPSA) is 78.5 Å². The van der Waals surface area contributed by atoms with Crippen molar-refractivity contribution >= 4 is 27.4 Å². The molecule has 138 valence electrons. The fraction of sp³-hybridized carbons (Fsp3) is 0.278. The van der Waals surface area contributed by atoms with E-state index in [9.17, 15) is 17.6 Å². The number of nitrogens with zero attached hydrogens (tertiary/aromatic N) is 1. The molecule has 2 aromatic rings. The number of carbonyl (C=O) groups is 1. The Labute approximate surface area is 152 Å². The van der Waals surface area contributed by atoms with Crippen LogP contribution < -0.4 is 14.9 Å². The van der Waals surface area contributed by atoms with Gasteiger partial charge in [-0.25, -0.2) is 17.6 Å². The van der Waals surface area contributed by atoms with Gasteiger partial charge >= 0.3 is 6.03 Å². The van der Waals surface area contributed by atoms with Crippen LogP contribution in [0.25, 0.3) is 0 Å². The van der Waals surface area contributed by atoms with E-state index < -0.39 is 21.9 Å². The Morgan fingerprint density at radius 3 is 2.77 bits per heavy atom. The van der Waals surface area contributed by atoms with Crippen molar-refractivity contribution < 1.29 is 17.6 Å². The Kier molecular flexibility index (Phi) is 5.13. The van der Waals surface area contributed by atoms with E-state index in [1.54, 1.807) is 31.2 Å². The maximum Gasteiger partial charge on any atom is 0.319 e. The number of anilines is 2. The standard InChI is InChI=1S/C18H20FN3O3S/c1-13-6-7-15(12-16(13)19)21-18(23)20-9-11-26(24,25)22-10-8-14-4-2-3-5-17(14)22/h2-7,12H,8-11H2,1H3,(H2,20,21,23). The van der Waals surface area contributed by atoms with Gasteiger partial charge in [-0.15, -0.1) is 0 Å². The molecular weight excluding hydrogens is 357 g/mol. The largest absolute Gasteiger partial charge is 0.337 e. The number of aryl methyl sites for hydroxylation is 1. The van der Waals surface area contributed by atoms with Crippen molar-refractivity contribution in [2.24, 2.45) is 0 Å². The first kappa shape index (κ1) is 18.2. The normalized spacial score (nSPS) is 13.4. The van der Waals surface area contributed by atoms with Crippen molar-refractivity contribution in [2.45, 2.75) is 13.3 Å². The quantitative estimate of drug-likeness (QED) is 0.841. The van der Waals surface area contributed by atoms with E-state index in [-0.39, 0.29) is 12.3 Å². The molecule has 1 aliphatic heterocycles. The molecule has 0 aromatic heterocycles. The van der Waals surface area contributed by atoms with Crippen LogP contribution in [0.1, 0.15) is 11.1 Å². The van der Waals surface area contributed by atoms with E-state index in [4.69, 9.17) is 0 Å². The van der Waals surface area contributed by atoms with E-state index >= 15 is 0 Å². The molecule has 0 spiro atoms. The Hall–Kier alpha value is -2.61. The van der Waals surface area contributed by atoms with Crippen LogP contribution in [-0.4, -0.2) is 33.3 Å². The molecule has 2 N–H and O–H groups in total. The highest BCUT2D eigenvalue weighted by molar-refractivity contribution is 7.92. The second-order valence-electron chi connectivity index (χ2n) is 6.11. The third-order valence-corrected chi connectivity index (χ3v) is 6.03. The summed E-state index contributed by atoms with van der Waals surface area (Å²) in [6.45, 7) is 2.00. The van der Waals surface area contributed by atoms with Gasteiger partial charge < -0.3 is 10.6 Å². The molecular formula is C18H20FN3O3S. The fourth-order valence-electron chi connectivity index (χ4n) is 2.85. The number of benzene rings is 2. The summed E-state index contributed by atoms with van der Waals surface area (Å²) in [5, 5.41) is 4.97. The summed E-state index contributed by atoms with van der Waals surface area (Å²) in [6.07, 6.45) is 0.683. The van der Waals surface area contributed by atoms with Gasteiger partial charge in [0.1, 0.15) is 5.82 Å². The minimum absolute atomic E-state index is 0.0405. The highest BCUT2D eigenvalue weighted by Crippen LogP contribution is 2.29. The van der Waals surface area contributed by atoms with Crippen LogP contribution in [0.15, 0.2) is 42.5 Å². The van der Waals surface area contributed by atoms with Gasteiger partial charge in [-0.1, -0.05) is 24.3 Å². The lowest BCUT2D eigenvalue weighted by Crippen LogP contribution is -2.38. The Bertz CT molecular complexity index is 931. The van der Waals surface area contributed by atoms with E-state index in [0.717, 1.165) is 5.56 Å². The number of amides is 2. The predicted molar refractivity (Wildman–Crippen MR) is 99.4 cm³/mol. The number of rotatable bonds is 5. The molecule has 1 heterocycles. The summed E-state index contributed by atoms with van der Waals surface area (Å²) < 4.78 is 39.9. The molecule has 0 bridgehead atoms. The lowest BCUT2D eigenvalue weighted by molar-refractivity contribution is 0.252. The van der Waals surface area contributed by atoms with Gasteiger partial charge in [0, 0.05) is 18.8 Å². The summed E-state index contributed by atoms with van der Waals surface area (Å²) in [5.74, 6) is -0.630. The Morgan fingerprint density at radius 1 is 1.23 bits per heavy atom. The summed E-state index contributed by atoms with van der Waals surface area (Å²) in [4.78, 5) is 11.9. The van der Waals surface area contributed by atoms with Crippen LogP contribution in [-0.2, 0) is 16.4 Å². The minimum Gasteiger partial charge on any atom is -0.337 e. The summed E-state index contributed by atoms with van der Waals surface area (Å²) in [7, 11) is -3.52. The molecule has 26 heavy (non-hydrogen) atoms.